The van der Waals surface area contributed by atoms with E-state index in [1.807, 2.05) is 0 Å². The summed E-state index contributed by atoms with van der Waals surface area (Å²) in [6, 6.07) is 3.19. The molecule has 0 aliphatic rings. The Bertz CT molecular complexity index is 508. The fourth-order valence-corrected chi connectivity index (χ4v) is 1.17. The summed E-state index contributed by atoms with van der Waals surface area (Å²) in [6.45, 7) is 1.39. The Kier molecular flexibility index (Phi) is 2.82. The van der Waals surface area contributed by atoms with Crippen LogP contribution in [0.4, 0.5) is 0 Å². The zero-order valence-electron chi connectivity index (χ0n) is 8.27. The molecule has 0 saturated heterocycles. The van der Waals surface area contributed by atoms with Gasteiger partial charge in [0, 0.05) is 6.92 Å². The third-order valence-electron chi connectivity index (χ3n) is 1.78. The van der Waals surface area contributed by atoms with Crippen LogP contribution in [0.1, 0.15) is 17.4 Å². The number of nitrogens with one attached hydrogen (secondary N) is 1. The van der Waals surface area contributed by atoms with Crippen LogP contribution in [-0.4, -0.2) is 26.2 Å². The monoisotopic (exact) mass is 238 g/mol. The van der Waals surface area contributed by atoms with Gasteiger partial charge >= 0.3 is 0 Å². The molecule has 82 valence electrons. The van der Waals surface area contributed by atoms with Crippen molar-refractivity contribution < 1.29 is 9.53 Å². The lowest BCUT2D eigenvalue weighted by molar-refractivity contribution is 0.101. The van der Waals surface area contributed by atoms with Crippen LogP contribution in [0.5, 0.6) is 11.6 Å². The Morgan fingerprint density at radius 3 is 2.94 bits per heavy atom. The first kappa shape index (κ1) is 10.6. The quantitative estimate of drug-likeness (QED) is 0.652. The maximum Gasteiger partial charge on any atom is 0.269 e. The first-order valence-electron chi connectivity index (χ1n) is 4.38. The number of halogens is 1. The van der Waals surface area contributed by atoms with Crippen molar-refractivity contribution in [3.8, 4) is 11.6 Å². The molecule has 0 spiro atoms. The highest BCUT2D eigenvalue weighted by molar-refractivity contribution is 6.29. The summed E-state index contributed by atoms with van der Waals surface area (Å²) < 4.78 is 5.32. The van der Waals surface area contributed by atoms with Crippen LogP contribution in [0, 0.1) is 0 Å². The fourth-order valence-electron chi connectivity index (χ4n) is 1.05. The van der Waals surface area contributed by atoms with E-state index in [-0.39, 0.29) is 17.4 Å². The maximum atomic E-state index is 11.1. The Hall–Kier alpha value is -1.95. The van der Waals surface area contributed by atoms with Gasteiger partial charge in [-0.2, -0.15) is 0 Å². The minimum atomic E-state index is -0.207. The van der Waals surface area contributed by atoms with Crippen LogP contribution >= 0.6 is 11.6 Å². The van der Waals surface area contributed by atoms with Crippen molar-refractivity contribution in [1.29, 1.82) is 0 Å². The number of Topliss-reactive ketones (excluding diaryl/α,β-unsaturated/α-hetero) is 1. The SMILES string of the molecule is CC(=O)c1[nH]nnc1Oc1ccc(Cl)nc1. The van der Waals surface area contributed by atoms with E-state index in [0.717, 1.165) is 0 Å². The minimum absolute atomic E-state index is 0.122. The van der Waals surface area contributed by atoms with Crippen LogP contribution in [0.3, 0.4) is 0 Å². The van der Waals surface area contributed by atoms with Gasteiger partial charge in [-0.05, 0) is 12.1 Å². The Morgan fingerprint density at radius 1 is 1.50 bits per heavy atom. The second kappa shape index (κ2) is 4.28. The van der Waals surface area contributed by atoms with E-state index in [1.165, 1.54) is 13.1 Å². The summed E-state index contributed by atoms with van der Waals surface area (Å²) in [5, 5.41) is 9.95. The highest BCUT2D eigenvalue weighted by atomic mass is 35.5. The molecule has 0 aliphatic carbocycles. The molecular formula is C9H7ClN4O2. The molecule has 0 aromatic carbocycles. The smallest absolute Gasteiger partial charge is 0.269 e. The molecule has 2 heterocycles. The van der Waals surface area contributed by atoms with E-state index in [9.17, 15) is 4.79 Å². The van der Waals surface area contributed by atoms with Crippen LogP contribution in [-0.2, 0) is 0 Å². The lowest BCUT2D eigenvalue weighted by Crippen LogP contribution is -1.96. The van der Waals surface area contributed by atoms with Gasteiger partial charge in [-0.15, -0.1) is 0 Å². The molecule has 2 aromatic rings. The van der Waals surface area contributed by atoms with Crippen LogP contribution < -0.4 is 4.74 Å². The van der Waals surface area contributed by atoms with Gasteiger partial charge in [0.1, 0.15) is 10.9 Å². The van der Waals surface area contributed by atoms with Crippen molar-refractivity contribution in [2.75, 3.05) is 0 Å². The van der Waals surface area contributed by atoms with Crippen LogP contribution in [0.2, 0.25) is 5.15 Å². The molecule has 1 N–H and O–H groups in total. The van der Waals surface area contributed by atoms with E-state index in [4.69, 9.17) is 16.3 Å². The largest absolute Gasteiger partial charge is 0.434 e. The third kappa shape index (κ3) is 2.17. The van der Waals surface area contributed by atoms with Gasteiger partial charge in [-0.3, -0.25) is 9.89 Å². The number of carbonyl (C=O) groups is 1. The van der Waals surface area contributed by atoms with Gasteiger partial charge in [0.25, 0.3) is 5.88 Å². The molecule has 7 heteroatoms. The lowest BCUT2D eigenvalue weighted by Gasteiger charge is -2.01. The molecule has 0 amide bonds. The summed E-state index contributed by atoms with van der Waals surface area (Å²) in [6.07, 6.45) is 1.43. The standard InChI is InChI=1S/C9H7ClN4O2/c1-5(15)8-9(13-14-12-8)16-6-2-3-7(10)11-4-6/h2-4H,1H3,(H,12,13,14). The topological polar surface area (TPSA) is 80.8 Å². The highest BCUT2D eigenvalue weighted by Crippen LogP contribution is 2.21. The van der Waals surface area contributed by atoms with Crippen molar-refractivity contribution in [3.05, 3.63) is 29.2 Å². The summed E-state index contributed by atoms with van der Waals surface area (Å²) in [5.74, 6) is 0.347. The first-order valence-corrected chi connectivity index (χ1v) is 4.76. The molecule has 16 heavy (non-hydrogen) atoms. The van der Waals surface area contributed by atoms with Crippen molar-refractivity contribution in [2.24, 2.45) is 0 Å². The van der Waals surface area contributed by atoms with Gasteiger partial charge in [0.15, 0.2) is 11.5 Å². The molecule has 0 aliphatic heterocycles. The van der Waals surface area contributed by atoms with Gasteiger partial charge in [0.2, 0.25) is 0 Å². The molecule has 2 aromatic heterocycles. The molecular weight excluding hydrogens is 232 g/mol. The Morgan fingerprint density at radius 2 is 2.31 bits per heavy atom. The average Bonchev–Trinajstić information content (AvgIpc) is 2.69. The van der Waals surface area contributed by atoms with Crippen molar-refractivity contribution in [1.82, 2.24) is 20.4 Å². The van der Waals surface area contributed by atoms with Gasteiger partial charge in [0.05, 0.1) is 6.20 Å². The minimum Gasteiger partial charge on any atom is -0.434 e. The van der Waals surface area contributed by atoms with Crippen molar-refractivity contribution >= 4 is 17.4 Å². The zero-order valence-corrected chi connectivity index (χ0v) is 9.02. The number of carbonyl (C=O) groups excluding carboxylic acids is 1. The third-order valence-corrected chi connectivity index (χ3v) is 2.01. The Labute approximate surface area is 95.6 Å². The molecule has 0 bridgehead atoms. The van der Waals surface area contributed by atoms with Crippen LogP contribution in [0.25, 0.3) is 0 Å². The number of nitrogens with zero attached hydrogens (tertiary/aromatic N) is 3. The first-order chi connectivity index (χ1) is 7.66. The van der Waals surface area contributed by atoms with E-state index < -0.39 is 0 Å². The number of aromatic amines is 1. The average molecular weight is 239 g/mol. The number of hydrogen-bond donors (Lipinski definition) is 1. The predicted molar refractivity (Wildman–Crippen MR) is 55.7 cm³/mol. The fraction of sp³-hybridized carbons (Fsp3) is 0.111. The summed E-state index contributed by atoms with van der Waals surface area (Å²) in [4.78, 5) is 15.0. The number of H-pyrrole nitrogens is 1. The molecule has 0 saturated carbocycles. The van der Waals surface area contributed by atoms with Gasteiger partial charge < -0.3 is 4.74 Å². The summed E-state index contributed by atoms with van der Waals surface area (Å²) in [7, 11) is 0. The summed E-state index contributed by atoms with van der Waals surface area (Å²) in [5.41, 5.74) is 0.218. The number of rotatable bonds is 3. The normalized spacial score (nSPS) is 10.1. The van der Waals surface area contributed by atoms with E-state index in [0.29, 0.717) is 10.9 Å². The number of ketones is 1. The zero-order chi connectivity index (χ0) is 11.5. The van der Waals surface area contributed by atoms with Gasteiger partial charge in [-0.25, -0.2) is 4.98 Å². The lowest BCUT2D eigenvalue weighted by atomic mass is 10.3. The maximum absolute atomic E-state index is 11.1. The Balaban J connectivity index is 2.23. The number of ether oxygens (including phenoxy) is 1. The predicted octanol–water partition coefficient (Wildman–Crippen LogP) is 1.85. The molecule has 6 nitrogen and oxygen atoms in total. The highest BCUT2D eigenvalue weighted by Gasteiger charge is 2.13. The van der Waals surface area contributed by atoms with Crippen molar-refractivity contribution in [2.45, 2.75) is 6.92 Å². The molecule has 2 rings (SSSR count). The molecule has 0 atom stereocenters. The summed E-state index contributed by atoms with van der Waals surface area (Å²) >= 11 is 5.62. The molecule has 0 radical (unpaired) electrons. The van der Waals surface area contributed by atoms with E-state index in [2.05, 4.69) is 20.4 Å². The van der Waals surface area contributed by atoms with E-state index in [1.54, 1.807) is 12.1 Å². The second-order valence-electron chi connectivity index (χ2n) is 2.97. The van der Waals surface area contributed by atoms with Gasteiger partial charge in [-0.1, -0.05) is 21.9 Å². The van der Waals surface area contributed by atoms with E-state index >= 15 is 0 Å². The number of hydrogen-bond acceptors (Lipinski definition) is 5. The van der Waals surface area contributed by atoms with Crippen LogP contribution in [0.15, 0.2) is 18.3 Å². The molecule has 0 fully saturated rings. The number of aromatic nitrogens is 4. The number of pyridine rings is 1. The van der Waals surface area contributed by atoms with Crippen molar-refractivity contribution in [3.63, 3.8) is 0 Å². The molecule has 0 unspecified atom stereocenters. The second-order valence-corrected chi connectivity index (χ2v) is 3.35.